The number of carbonyl (C=O) groups excluding carboxylic acids is 1. The van der Waals surface area contributed by atoms with E-state index in [2.05, 4.69) is 10.1 Å². The Morgan fingerprint density at radius 1 is 1.17 bits per heavy atom. The van der Waals surface area contributed by atoms with Gasteiger partial charge in [0.25, 0.3) is 0 Å². The van der Waals surface area contributed by atoms with Gasteiger partial charge in [0.2, 0.25) is 5.91 Å². The van der Waals surface area contributed by atoms with E-state index in [1.807, 2.05) is 11.8 Å². The maximum absolute atomic E-state index is 12.4. The average molecular weight is 253 g/mol. The molecule has 0 aromatic rings. The van der Waals surface area contributed by atoms with Crippen molar-refractivity contribution in [1.29, 1.82) is 0 Å². The van der Waals surface area contributed by atoms with Crippen LogP contribution >= 0.6 is 0 Å². The number of carbonyl (C=O) groups is 1. The largest absolute Gasteiger partial charge is 0.411 e. The van der Waals surface area contributed by atoms with Gasteiger partial charge in [-0.05, 0) is 26.2 Å². The van der Waals surface area contributed by atoms with Gasteiger partial charge in [0, 0.05) is 39.0 Å². The molecule has 2 saturated heterocycles. The molecule has 2 heterocycles. The Morgan fingerprint density at radius 3 is 2.33 bits per heavy atom. The fourth-order valence-electron chi connectivity index (χ4n) is 2.80. The van der Waals surface area contributed by atoms with Crippen LogP contribution in [-0.2, 0) is 4.79 Å². The summed E-state index contributed by atoms with van der Waals surface area (Å²) < 4.78 is 0. The van der Waals surface area contributed by atoms with Gasteiger partial charge in [0.1, 0.15) is 0 Å². The van der Waals surface area contributed by atoms with Gasteiger partial charge in [-0.15, -0.1) is 0 Å². The molecule has 0 aliphatic carbocycles. The monoisotopic (exact) mass is 253 g/mol. The van der Waals surface area contributed by atoms with Crippen LogP contribution in [-0.4, -0.2) is 58.8 Å². The molecule has 18 heavy (non-hydrogen) atoms. The summed E-state index contributed by atoms with van der Waals surface area (Å²) in [4.78, 5) is 16.6. The van der Waals surface area contributed by atoms with Gasteiger partial charge in [0.15, 0.2) is 0 Å². The lowest BCUT2D eigenvalue weighted by Crippen LogP contribution is -2.50. The Labute approximate surface area is 108 Å². The Hall–Kier alpha value is -1.10. The number of piperidine rings is 2. The predicted octanol–water partition coefficient (Wildman–Crippen LogP) is 1.31. The molecule has 1 N–H and O–H groups in total. The summed E-state index contributed by atoms with van der Waals surface area (Å²) in [6.07, 6.45) is 5.07. The number of amides is 1. The van der Waals surface area contributed by atoms with Gasteiger partial charge in [-0.2, -0.15) is 0 Å². The lowest BCUT2D eigenvalue weighted by atomic mass is 10.1. The molecule has 5 nitrogen and oxygen atoms in total. The van der Waals surface area contributed by atoms with Crippen molar-refractivity contribution in [2.75, 3.05) is 26.2 Å². The highest BCUT2D eigenvalue weighted by Gasteiger charge is 2.28. The Bertz CT molecular complexity index is 314. The van der Waals surface area contributed by atoms with Gasteiger partial charge >= 0.3 is 0 Å². The van der Waals surface area contributed by atoms with Crippen LogP contribution in [0.1, 0.15) is 39.0 Å². The minimum Gasteiger partial charge on any atom is -0.411 e. The molecule has 5 heteroatoms. The molecule has 1 unspecified atom stereocenters. The van der Waals surface area contributed by atoms with E-state index < -0.39 is 0 Å². The van der Waals surface area contributed by atoms with Gasteiger partial charge in [-0.25, -0.2) is 0 Å². The highest BCUT2D eigenvalue weighted by atomic mass is 16.4. The number of hydrogen-bond acceptors (Lipinski definition) is 4. The zero-order chi connectivity index (χ0) is 13.0. The predicted molar refractivity (Wildman–Crippen MR) is 69.9 cm³/mol. The van der Waals surface area contributed by atoms with Gasteiger partial charge < -0.3 is 10.1 Å². The first-order valence-corrected chi connectivity index (χ1v) is 6.95. The third-order valence-corrected chi connectivity index (χ3v) is 4.09. The standard InChI is InChI=1S/C13H23N3O2/c1-11(13(17)16-7-3-2-4-8-16)15-9-5-12(14-18)6-10-15/h11,18H,2-10H2,1H3. The Kier molecular flexibility index (Phi) is 4.58. The SMILES string of the molecule is CC(C(=O)N1CCCCC1)N1CCC(=NO)CC1. The fourth-order valence-corrected chi connectivity index (χ4v) is 2.80. The topological polar surface area (TPSA) is 56.1 Å². The molecule has 0 radical (unpaired) electrons. The summed E-state index contributed by atoms with van der Waals surface area (Å²) in [5.41, 5.74) is 0.851. The molecule has 0 aromatic carbocycles. The summed E-state index contributed by atoms with van der Waals surface area (Å²) in [7, 11) is 0. The number of likely N-dealkylation sites (tertiary alicyclic amines) is 2. The highest BCUT2D eigenvalue weighted by molar-refractivity contribution is 5.86. The molecule has 0 aromatic heterocycles. The lowest BCUT2D eigenvalue weighted by Gasteiger charge is -2.36. The number of oxime groups is 1. The zero-order valence-electron chi connectivity index (χ0n) is 11.1. The Morgan fingerprint density at radius 2 is 1.78 bits per heavy atom. The van der Waals surface area contributed by atoms with E-state index in [0.717, 1.165) is 57.6 Å². The maximum atomic E-state index is 12.4. The van der Waals surface area contributed by atoms with E-state index in [1.54, 1.807) is 0 Å². The van der Waals surface area contributed by atoms with Crippen LogP contribution in [0.15, 0.2) is 5.16 Å². The van der Waals surface area contributed by atoms with Crippen LogP contribution in [0.5, 0.6) is 0 Å². The van der Waals surface area contributed by atoms with Crippen LogP contribution in [0.25, 0.3) is 0 Å². The smallest absolute Gasteiger partial charge is 0.239 e. The van der Waals surface area contributed by atoms with Crippen molar-refractivity contribution >= 4 is 11.6 Å². The van der Waals surface area contributed by atoms with Gasteiger partial charge in [-0.3, -0.25) is 9.69 Å². The van der Waals surface area contributed by atoms with Crippen LogP contribution in [0.2, 0.25) is 0 Å². The average Bonchev–Trinajstić information content (AvgIpc) is 2.47. The summed E-state index contributed by atoms with van der Waals surface area (Å²) in [6, 6.07) is -0.0386. The molecular formula is C13H23N3O2. The first-order chi connectivity index (χ1) is 8.72. The number of nitrogens with zero attached hydrogens (tertiary/aromatic N) is 3. The second-order valence-electron chi connectivity index (χ2n) is 5.26. The van der Waals surface area contributed by atoms with Crippen LogP contribution in [0.4, 0.5) is 0 Å². The summed E-state index contributed by atoms with van der Waals surface area (Å²) in [5.74, 6) is 0.263. The van der Waals surface area contributed by atoms with Crippen molar-refractivity contribution in [2.45, 2.75) is 45.1 Å². The molecule has 2 rings (SSSR count). The van der Waals surface area contributed by atoms with E-state index in [-0.39, 0.29) is 11.9 Å². The highest BCUT2D eigenvalue weighted by Crippen LogP contribution is 2.15. The quantitative estimate of drug-likeness (QED) is 0.596. The minimum atomic E-state index is -0.0386. The van der Waals surface area contributed by atoms with Crippen molar-refractivity contribution in [1.82, 2.24) is 9.80 Å². The molecule has 102 valence electrons. The molecule has 0 saturated carbocycles. The number of hydrogen-bond donors (Lipinski definition) is 1. The second kappa shape index (κ2) is 6.18. The molecule has 2 fully saturated rings. The molecule has 0 bridgehead atoms. The van der Waals surface area contributed by atoms with Crippen molar-refractivity contribution < 1.29 is 10.0 Å². The lowest BCUT2D eigenvalue weighted by molar-refractivity contribution is -0.137. The number of rotatable bonds is 2. The third kappa shape index (κ3) is 3.02. The molecule has 2 aliphatic heterocycles. The summed E-state index contributed by atoms with van der Waals surface area (Å²) >= 11 is 0. The van der Waals surface area contributed by atoms with E-state index in [9.17, 15) is 4.79 Å². The van der Waals surface area contributed by atoms with E-state index in [0.29, 0.717) is 0 Å². The van der Waals surface area contributed by atoms with Gasteiger partial charge in [-0.1, -0.05) is 5.16 Å². The van der Waals surface area contributed by atoms with Crippen molar-refractivity contribution in [3.05, 3.63) is 0 Å². The third-order valence-electron chi connectivity index (χ3n) is 4.09. The van der Waals surface area contributed by atoms with E-state index in [1.165, 1.54) is 6.42 Å². The zero-order valence-corrected chi connectivity index (χ0v) is 11.1. The van der Waals surface area contributed by atoms with Crippen molar-refractivity contribution in [3.8, 4) is 0 Å². The molecular weight excluding hydrogens is 230 g/mol. The summed E-state index contributed by atoms with van der Waals surface area (Å²) in [6.45, 7) is 5.47. The normalized spacial score (nSPS) is 23.8. The first kappa shape index (κ1) is 13.3. The van der Waals surface area contributed by atoms with Crippen LogP contribution < -0.4 is 0 Å². The Balaban J connectivity index is 1.86. The first-order valence-electron chi connectivity index (χ1n) is 6.95. The van der Waals surface area contributed by atoms with Crippen LogP contribution in [0, 0.1) is 0 Å². The molecule has 0 spiro atoms. The maximum Gasteiger partial charge on any atom is 0.239 e. The summed E-state index contributed by atoms with van der Waals surface area (Å²) in [5, 5.41) is 12.0. The fraction of sp³-hybridized carbons (Fsp3) is 0.846. The minimum absolute atomic E-state index is 0.0386. The van der Waals surface area contributed by atoms with Crippen molar-refractivity contribution in [3.63, 3.8) is 0 Å². The molecule has 1 amide bonds. The van der Waals surface area contributed by atoms with E-state index >= 15 is 0 Å². The molecule has 1 atom stereocenters. The van der Waals surface area contributed by atoms with Crippen molar-refractivity contribution in [2.24, 2.45) is 5.16 Å². The van der Waals surface area contributed by atoms with Gasteiger partial charge in [0.05, 0.1) is 11.8 Å². The second-order valence-corrected chi connectivity index (χ2v) is 5.26. The van der Waals surface area contributed by atoms with E-state index in [4.69, 9.17) is 5.21 Å². The van der Waals surface area contributed by atoms with Crippen LogP contribution in [0.3, 0.4) is 0 Å². The molecule has 2 aliphatic rings.